The molecule has 2 aliphatic heterocycles. The van der Waals surface area contributed by atoms with Gasteiger partial charge in [0, 0.05) is 0 Å². The second-order valence-electron chi connectivity index (χ2n) is 15.2. The van der Waals surface area contributed by atoms with Crippen molar-refractivity contribution >= 4 is 25.2 Å². The van der Waals surface area contributed by atoms with Gasteiger partial charge in [-0.25, -0.2) is 0 Å². The van der Waals surface area contributed by atoms with Crippen LogP contribution in [0.1, 0.15) is 88.8 Å². The van der Waals surface area contributed by atoms with Gasteiger partial charge in [-0.1, -0.05) is 84.9 Å². The fourth-order valence-electron chi connectivity index (χ4n) is 7.32. The van der Waals surface area contributed by atoms with Gasteiger partial charge in [0.2, 0.25) is 0 Å². The van der Waals surface area contributed by atoms with Crippen molar-refractivity contribution in [3.63, 3.8) is 0 Å². The van der Waals surface area contributed by atoms with E-state index in [1.54, 1.807) is 0 Å². The first-order valence-electron chi connectivity index (χ1n) is 16.2. The molecule has 4 nitrogen and oxygen atoms in total. The van der Waals surface area contributed by atoms with Crippen molar-refractivity contribution in [1.82, 2.24) is 0 Å². The molecule has 0 aromatic heterocycles. The van der Waals surface area contributed by atoms with Crippen molar-refractivity contribution in [1.29, 1.82) is 0 Å². The Morgan fingerprint density at radius 2 is 0.756 bits per heavy atom. The first-order chi connectivity index (χ1) is 21.1. The molecule has 230 valence electrons. The van der Waals surface area contributed by atoms with Crippen molar-refractivity contribution < 1.29 is 18.6 Å². The molecule has 2 fully saturated rings. The van der Waals surface area contributed by atoms with Gasteiger partial charge in [0.05, 0.1) is 27.8 Å². The Morgan fingerprint density at radius 1 is 0.422 bits per heavy atom. The van der Waals surface area contributed by atoms with E-state index in [1.807, 2.05) is 0 Å². The quantitative estimate of drug-likeness (QED) is 0.204. The maximum Gasteiger partial charge on any atom is 0.494 e. The highest BCUT2D eigenvalue weighted by Gasteiger charge is 2.55. The summed E-state index contributed by atoms with van der Waals surface area (Å²) in [7, 11) is -0.925. The van der Waals surface area contributed by atoms with Crippen LogP contribution >= 0.6 is 0 Å². The van der Waals surface area contributed by atoms with Gasteiger partial charge in [-0.05, 0) is 125 Å². The average molecular weight is 598 g/mol. The highest BCUT2D eigenvalue weighted by atomic mass is 16.7. The van der Waals surface area contributed by atoms with Gasteiger partial charge >= 0.3 is 14.2 Å². The van der Waals surface area contributed by atoms with Crippen molar-refractivity contribution in [2.24, 2.45) is 0 Å². The van der Waals surface area contributed by atoms with Crippen LogP contribution in [-0.2, 0) is 24.0 Å². The molecule has 0 spiro atoms. The molecule has 0 atom stereocenters. The van der Waals surface area contributed by atoms with E-state index in [4.69, 9.17) is 18.6 Å². The lowest BCUT2D eigenvalue weighted by atomic mass is 9.63. The Bertz CT molecular complexity index is 1660. The molecule has 1 aliphatic carbocycles. The third-order valence-corrected chi connectivity index (χ3v) is 11.3. The maximum atomic E-state index is 6.58. The molecule has 0 bridgehead atoms. The summed E-state index contributed by atoms with van der Waals surface area (Å²) in [5, 5.41) is 0. The molecule has 3 aliphatic rings. The molecular weight excluding hydrogens is 554 g/mol. The number of hydrogen-bond donors (Lipinski definition) is 0. The van der Waals surface area contributed by atoms with E-state index in [9.17, 15) is 0 Å². The van der Waals surface area contributed by atoms with Crippen LogP contribution in [0, 0.1) is 13.8 Å². The summed E-state index contributed by atoms with van der Waals surface area (Å²) in [5.41, 5.74) is 9.66. The molecule has 7 rings (SSSR count). The van der Waals surface area contributed by atoms with Gasteiger partial charge in [-0.3, -0.25) is 0 Å². The van der Waals surface area contributed by atoms with Crippen LogP contribution in [0.5, 0.6) is 0 Å². The lowest BCUT2D eigenvalue weighted by Gasteiger charge is -2.36. The number of rotatable bonds is 4. The van der Waals surface area contributed by atoms with Crippen molar-refractivity contribution in [2.45, 2.75) is 97.1 Å². The van der Waals surface area contributed by atoms with Crippen molar-refractivity contribution in [2.75, 3.05) is 0 Å². The molecule has 0 radical (unpaired) electrons. The fraction of sp³-hybridized carbons (Fsp3) is 0.385. The van der Waals surface area contributed by atoms with Crippen LogP contribution in [-0.4, -0.2) is 36.6 Å². The average Bonchev–Trinajstić information content (AvgIpc) is 3.48. The summed E-state index contributed by atoms with van der Waals surface area (Å²) < 4.78 is 26.3. The van der Waals surface area contributed by atoms with Crippen LogP contribution in [0.4, 0.5) is 0 Å². The smallest absolute Gasteiger partial charge is 0.399 e. The molecule has 2 saturated heterocycles. The Balaban J connectivity index is 1.52. The van der Waals surface area contributed by atoms with E-state index < -0.39 is 42.1 Å². The number of fused-ring (bicyclic) bond motifs is 3. The summed E-state index contributed by atoms with van der Waals surface area (Å²) in [5.74, 6) is 0. The zero-order valence-corrected chi connectivity index (χ0v) is 28.4. The predicted molar refractivity (Wildman–Crippen MR) is 185 cm³/mol. The van der Waals surface area contributed by atoms with Gasteiger partial charge in [0.15, 0.2) is 0 Å². The Labute approximate surface area is 269 Å². The first-order valence-corrected chi connectivity index (χ1v) is 16.2. The van der Waals surface area contributed by atoms with E-state index in [-0.39, 0.29) is 0 Å². The SMILES string of the molecule is Cc1ccccc1C1(c2ccccc2C)c2cc(B3OC(C)(C)C(C)(C)O3)ccc2-c2ccc(B3OC(C)(C)C(C)(C)O3)cc21. The molecule has 0 amide bonds. The zero-order chi connectivity index (χ0) is 32.2. The normalized spacial score (nSPS) is 21.6. The minimum Gasteiger partial charge on any atom is -0.399 e. The third kappa shape index (κ3) is 4.36. The van der Waals surface area contributed by atoms with Crippen LogP contribution in [0.3, 0.4) is 0 Å². The highest BCUT2D eigenvalue weighted by Crippen LogP contribution is 2.57. The van der Waals surface area contributed by atoms with Gasteiger partial charge in [0.25, 0.3) is 0 Å². The monoisotopic (exact) mass is 598 g/mol. The largest absolute Gasteiger partial charge is 0.494 e. The minimum atomic E-state index is -0.583. The van der Waals surface area contributed by atoms with E-state index in [0.29, 0.717) is 0 Å². The highest BCUT2D eigenvalue weighted by molar-refractivity contribution is 6.62. The standard InChI is InChI=1S/C39H44B2O4/c1-25-15-11-13-17-31(25)39(32-18-14-12-16-26(32)2)33-23-27(40-42-35(3,4)36(5,6)43-40)19-21-29(33)30-22-20-28(24-34(30)39)41-44-37(7,8)38(9,10)45-41/h11-24H,1-10H3. The molecule has 4 aromatic rings. The molecule has 45 heavy (non-hydrogen) atoms. The molecule has 0 unspecified atom stereocenters. The summed E-state index contributed by atoms with van der Waals surface area (Å²) in [6.45, 7) is 21.3. The summed E-state index contributed by atoms with van der Waals surface area (Å²) in [6, 6.07) is 31.2. The van der Waals surface area contributed by atoms with Crippen LogP contribution in [0.2, 0.25) is 0 Å². The topological polar surface area (TPSA) is 36.9 Å². The van der Waals surface area contributed by atoms with Crippen LogP contribution < -0.4 is 10.9 Å². The fourth-order valence-corrected chi connectivity index (χ4v) is 7.32. The molecular formula is C39H44B2O4. The summed E-state index contributed by atoms with van der Waals surface area (Å²) in [4.78, 5) is 0. The second kappa shape index (κ2) is 9.92. The van der Waals surface area contributed by atoms with E-state index in [1.165, 1.54) is 44.5 Å². The Morgan fingerprint density at radius 3 is 1.09 bits per heavy atom. The molecule has 2 heterocycles. The lowest BCUT2D eigenvalue weighted by molar-refractivity contribution is 0.00578. The Kier molecular flexibility index (Phi) is 6.73. The molecule has 0 saturated carbocycles. The minimum absolute atomic E-state index is 0.430. The van der Waals surface area contributed by atoms with Crippen LogP contribution in [0.25, 0.3) is 11.1 Å². The van der Waals surface area contributed by atoms with Crippen molar-refractivity contribution in [3.05, 3.63) is 118 Å². The van der Waals surface area contributed by atoms with Gasteiger partial charge in [0.1, 0.15) is 0 Å². The van der Waals surface area contributed by atoms with E-state index >= 15 is 0 Å². The first kappa shape index (κ1) is 30.5. The molecule has 0 N–H and O–H groups in total. The lowest BCUT2D eigenvalue weighted by Crippen LogP contribution is -2.41. The number of aryl methyl sites for hydroxylation is 2. The van der Waals surface area contributed by atoms with Gasteiger partial charge < -0.3 is 18.6 Å². The number of hydrogen-bond acceptors (Lipinski definition) is 4. The summed E-state index contributed by atoms with van der Waals surface area (Å²) in [6.07, 6.45) is 0. The Hall–Kier alpha value is -3.15. The van der Waals surface area contributed by atoms with Crippen LogP contribution in [0.15, 0.2) is 84.9 Å². The molecule has 6 heteroatoms. The maximum absolute atomic E-state index is 6.58. The van der Waals surface area contributed by atoms with Crippen molar-refractivity contribution in [3.8, 4) is 11.1 Å². The van der Waals surface area contributed by atoms with E-state index in [0.717, 1.165) is 10.9 Å². The third-order valence-electron chi connectivity index (χ3n) is 11.3. The number of benzene rings is 4. The van der Waals surface area contributed by atoms with E-state index in [2.05, 4.69) is 154 Å². The second-order valence-corrected chi connectivity index (χ2v) is 15.2. The summed E-state index contributed by atoms with van der Waals surface area (Å²) >= 11 is 0. The molecule has 4 aromatic carbocycles. The predicted octanol–water partition coefficient (Wildman–Crippen LogP) is 7.26. The van der Waals surface area contributed by atoms with Gasteiger partial charge in [-0.15, -0.1) is 0 Å². The zero-order valence-electron chi connectivity index (χ0n) is 28.4. The van der Waals surface area contributed by atoms with Gasteiger partial charge in [-0.2, -0.15) is 0 Å².